The van der Waals surface area contributed by atoms with Crippen LogP contribution in [-0.2, 0) is 14.4 Å². The number of rotatable bonds is 15. The van der Waals surface area contributed by atoms with Crippen molar-refractivity contribution in [1.82, 2.24) is 10.6 Å². The molecule has 0 aliphatic rings. The second-order valence-electron chi connectivity index (χ2n) is 8.06. The molecule has 0 aromatic rings. The van der Waals surface area contributed by atoms with E-state index < -0.39 is 0 Å². The minimum atomic E-state index is -0.286. The minimum Gasteiger partial charge on any atom is -0.354 e. The van der Waals surface area contributed by atoms with Crippen LogP contribution in [0, 0.1) is 5.92 Å². The van der Waals surface area contributed by atoms with E-state index in [-0.39, 0.29) is 23.9 Å². The molecule has 1 unspecified atom stereocenters. The molecule has 0 spiro atoms. The van der Waals surface area contributed by atoms with E-state index in [1.807, 2.05) is 13.8 Å². The quantitative estimate of drug-likeness (QED) is 0.288. The summed E-state index contributed by atoms with van der Waals surface area (Å²) in [5.41, 5.74) is 5.33. The van der Waals surface area contributed by atoms with Crippen LogP contribution in [0.2, 0.25) is 0 Å². The summed E-state index contributed by atoms with van der Waals surface area (Å²) in [5, 5.41) is 5.62. The molecular formula is C22H45N3O3. The first-order valence-electron chi connectivity index (χ1n) is 11.0. The maximum absolute atomic E-state index is 11.5. The third-order valence-electron chi connectivity index (χ3n) is 4.14. The molecular weight excluding hydrogens is 354 g/mol. The largest absolute Gasteiger partial charge is 0.354 e. The van der Waals surface area contributed by atoms with Gasteiger partial charge in [0.2, 0.25) is 11.8 Å². The Morgan fingerprint density at radius 3 is 2.00 bits per heavy atom. The Kier molecular flexibility index (Phi) is 20.9. The number of unbranched alkanes of at least 4 members (excludes halogenated alkanes) is 4. The van der Waals surface area contributed by atoms with Crippen molar-refractivity contribution in [2.75, 3.05) is 6.54 Å². The van der Waals surface area contributed by atoms with Crippen molar-refractivity contribution in [2.24, 2.45) is 11.7 Å². The summed E-state index contributed by atoms with van der Waals surface area (Å²) in [5.74, 6) is 0.685. The molecule has 166 valence electrons. The summed E-state index contributed by atoms with van der Waals surface area (Å²) in [4.78, 5) is 33.3. The molecule has 0 rings (SSSR count). The lowest BCUT2D eigenvalue weighted by Gasteiger charge is -2.13. The second-order valence-corrected chi connectivity index (χ2v) is 8.06. The molecule has 28 heavy (non-hydrogen) atoms. The Morgan fingerprint density at radius 2 is 1.50 bits per heavy atom. The summed E-state index contributed by atoms with van der Waals surface area (Å²) >= 11 is 0. The average Bonchev–Trinajstić information content (AvgIpc) is 2.63. The first-order valence-corrected chi connectivity index (χ1v) is 11.0. The van der Waals surface area contributed by atoms with Gasteiger partial charge in [0.1, 0.15) is 6.29 Å². The lowest BCUT2D eigenvalue weighted by atomic mass is 10.1. The number of hydrogen-bond acceptors (Lipinski definition) is 4. The van der Waals surface area contributed by atoms with E-state index in [9.17, 15) is 14.4 Å². The first kappa shape index (κ1) is 28.8. The smallest absolute Gasteiger partial charge is 0.220 e. The van der Waals surface area contributed by atoms with E-state index in [1.165, 1.54) is 0 Å². The molecule has 0 saturated heterocycles. The highest BCUT2D eigenvalue weighted by Crippen LogP contribution is 2.05. The third kappa shape index (κ3) is 22.6. The van der Waals surface area contributed by atoms with Crippen LogP contribution in [0.5, 0.6) is 0 Å². The molecule has 0 saturated carbocycles. The molecule has 2 amide bonds. The van der Waals surface area contributed by atoms with Gasteiger partial charge in [-0.1, -0.05) is 46.5 Å². The van der Waals surface area contributed by atoms with E-state index in [1.54, 1.807) is 0 Å². The van der Waals surface area contributed by atoms with Crippen LogP contribution in [0.15, 0.2) is 0 Å². The molecule has 4 N–H and O–H groups in total. The highest BCUT2D eigenvalue weighted by Gasteiger charge is 2.11. The summed E-state index contributed by atoms with van der Waals surface area (Å²) in [7, 11) is 0. The van der Waals surface area contributed by atoms with Gasteiger partial charge >= 0.3 is 0 Å². The highest BCUT2D eigenvalue weighted by molar-refractivity contribution is 5.79. The van der Waals surface area contributed by atoms with Crippen molar-refractivity contribution in [3.05, 3.63) is 0 Å². The average molecular weight is 400 g/mol. The van der Waals surface area contributed by atoms with Crippen molar-refractivity contribution in [2.45, 2.75) is 111 Å². The van der Waals surface area contributed by atoms with Gasteiger partial charge in [0.05, 0.1) is 6.04 Å². The Labute approximate surface area is 172 Å². The van der Waals surface area contributed by atoms with Gasteiger partial charge < -0.3 is 21.2 Å². The van der Waals surface area contributed by atoms with Gasteiger partial charge in [-0.15, -0.1) is 0 Å². The molecule has 0 fully saturated rings. The van der Waals surface area contributed by atoms with Crippen molar-refractivity contribution in [1.29, 1.82) is 0 Å². The van der Waals surface area contributed by atoms with Gasteiger partial charge in [-0.3, -0.25) is 9.59 Å². The maximum Gasteiger partial charge on any atom is 0.220 e. The van der Waals surface area contributed by atoms with Gasteiger partial charge in [-0.25, -0.2) is 0 Å². The van der Waals surface area contributed by atoms with Crippen LogP contribution in [-0.4, -0.2) is 36.7 Å². The summed E-state index contributed by atoms with van der Waals surface area (Å²) < 4.78 is 0. The number of hydrogen-bond donors (Lipinski definition) is 3. The molecule has 0 aliphatic heterocycles. The standard InChI is InChI=1S/C13H25NO2.C9H20N2O/c1-4-5-6-7-12(10-15)14-13(16)9-8-11(2)3;1-8(2)11-9(12)6-4-3-5-7-10/h10-12H,4-9H2,1-3H3,(H,14,16);8H,3-7,10H2,1-2H3,(H,11,12). The van der Waals surface area contributed by atoms with E-state index in [0.717, 1.165) is 64.2 Å². The molecule has 0 aromatic heterocycles. The highest BCUT2D eigenvalue weighted by atomic mass is 16.2. The first-order chi connectivity index (χ1) is 13.3. The summed E-state index contributed by atoms with van der Waals surface area (Å²) in [6.45, 7) is 11.0. The van der Waals surface area contributed by atoms with E-state index >= 15 is 0 Å². The van der Waals surface area contributed by atoms with E-state index in [0.29, 0.717) is 18.8 Å². The predicted octanol–water partition coefficient (Wildman–Crippen LogP) is 3.72. The fourth-order valence-corrected chi connectivity index (χ4v) is 2.49. The van der Waals surface area contributed by atoms with Gasteiger partial charge in [0.15, 0.2) is 0 Å². The minimum absolute atomic E-state index is 0.00213. The summed E-state index contributed by atoms with van der Waals surface area (Å²) in [6.07, 6.45) is 9.95. The van der Waals surface area contributed by atoms with Gasteiger partial charge in [0, 0.05) is 18.9 Å². The number of nitrogens with one attached hydrogen (secondary N) is 2. The maximum atomic E-state index is 11.5. The lowest BCUT2D eigenvalue weighted by Crippen LogP contribution is -2.35. The number of aldehydes is 1. The van der Waals surface area contributed by atoms with Gasteiger partial charge in [-0.05, 0) is 52.0 Å². The van der Waals surface area contributed by atoms with Gasteiger partial charge in [0.25, 0.3) is 0 Å². The molecule has 0 radical (unpaired) electrons. The monoisotopic (exact) mass is 399 g/mol. The Balaban J connectivity index is 0. The van der Waals surface area contributed by atoms with Crippen LogP contribution >= 0.6 is 0 Å². The predicted molar refractivity (Wildman–Crippen MR) is 117 cm³/mol. The number of amides is 2. The molecule has 0 heterocycles. The zero-order valence-corrected chi connectivity index (χ0v) is 18.9. The van der Waals surface area contributed by atoms with Crippen LogP contribution < -0.4 is 16.4 Å². The zero-order valence-electron chi connectivity index (χ0n) is 18.9. The second kappa shape index (κ2) is 20.3. The molecule has 1 atom stereocenters. The molecule has 6 heteroatoms. The Hall–Kier alpha value is -1.43. The summed E-state index contributed by atoms with van der Waals surface area (Å²) in [6, 6.07) is -0.0294. The fourth-order valence-electron chi connectivity index (χ4n) is 2.49. The number of nitrogens with two attached hydrogens (primary N) is 1. The number of carbonyl (C=O) groups excluding carboxylic acids is 3. The van der Waals surface area contributed by atoms with Crippen molar-refractivity contribution >= 4 is 18.1 Å². The Morgan fingerprint density at radius 1 is 0.857 bits per heavy atom. The fraction of sp³-hybridized carbons (Fsp3) is 0.864. The van der Waals surface area contributed by atoms with Crippen molar-refractivity contribution in [3.63, 3.8) is 0 Å². The van der Waals surface area contributed by atoms with Crippen LogP contribution in [0.1, 0.15) is 98.8 Å². The van der Waals surface area contributed by atoms with Crippen molar-refractivity contribution < 1.29 is 14.4 Å². The van der Waals surface area contributed by atoms with Gasteiger partial charge in [-0.2, -0.15) is 0 Å². The Bertz CT molecular complexity index is 398. The lowest BCUT2D eigenvalue weighted by molar-refractivity contribution is -0.124. The van der Waals surface area contributed by atoms with Crippen molar-refractivity contribution in [3.8, 4) is 0 Å². The zero-order chi connectivity index (χ0) is 21.8. The molecule has 0 aromatic carbocycles. The molecule has 6 nitrogen and oxygen atoms in total. The van der Waals surface area contributed by atoms with Crippen LogP contribution in [0.3, 0.4) is 0 Å². The molecule has 0 aliphatic carbocycles. The third-order valence-corrected chi connectivity index (χ3v) is 4.14. The van der Waals surface area contributed by atoms with Crippen LogP contribution in [0.25, 0.3) is 0 Å². The van der Waals surface area contributed by atoms with Crippen LogP contribution in [0.4, 0.5) is 0 Å². The SMILES string of the molecule is CC(C)NC(=O)CCCCCN.CCCCCC(C=O)NC(=O)CCC(C)C. The molecule has 0 bridgehead atoms. The van der Waals surface area contributed by atoms with E-state index in [2.05, 4.69) is 31.4 Å². The normalized spacial score (nSPS) is 11.6. The van der Waals surface area contributed by atoms with E-state index in [4.69, 9.17) is 5.73 Å². The number of carbonyl (C=O) groups is 3. The topological polar surface area (TPSA) is 101 Å².